The summed E-state index contributed by atoms with van der Waals surface area (Å²) in [6, 6.07) is -0.689. The number of carbonyl (C=O) groups is 2. The van der Waals surface area contributed by atoms with Crippen molar-refractivity contribution in [2.75, 3.05) is 12.3 Å². The molecule has 0 aromatic carbocycles. The summed E-state index contributed by atoms with van der Waals surface area (Å²) in [6.07, 6.45) is 2.80. The van der Waals surface area contributed by atoms with Gasteiger partial charge in [-0.25, -0.2) is 15.6 Å². The van der Waals surface area contributed by atoms with E-state index in [9.17, 15) is 24.8 Å². The molecule has 114 valence electrons. The lowest BCUT2D eigenvalue weighted by molar-refractivity contribution is -0.479. The van der Waals surface area contributed by atoms with Crippen LogP contribution in [0.1, 0.15) is 25.7 Å². The second-order valence-corrected chi connectivity index (χ2v) is 5.18. The number of aliphatic carboxylic acids is 1. The molecule has 0 aromatic heterocycles. The number of nitrogens with zero attached hydrogens (tertiary/aromatic N) is 2. The number of nitrogens with two attached hydrogens (primary N) is 1. The van der Waals surface area contributed by atoms with Crippen molar-refractivity contribution in [1.82, 2.24) is 5.43 Å². The fraction of sp³-hybridized carbons (Fsp3) is 0.700. The topological polar surface area (TPSA) is 151 Å². The van der Waals surface area contributed by atoms with E-state index in [-0.39, 0.29) is 18.2 Å². The molecule has 1 atom stereocenters. The number of hydrogen-bond donors (Lipinski definition) is 2. The van der Waals surface area contributed by atoms with Crippen molar-refractivity contribution in [3.8, 4) is 0 Å². The Hall–Kier alpha value is -1.68. The number of hydrazine groups is 1. The second-order valence-electron chi connectivity index (χ2n) is 3.85. The molecular weight excluding hydrogens is 288 g/mol. The fourth-order valence-corrected chi connectivity index (χ4v) is 2.36. The Morgan fingerprint density at radius 1 is 1.45 bits per heavy atom. The Labute approximate surface area is 120 Å². The van der Waals surface area contributed by atoms with Crippen LogP contribution in [-0.4, -0.2) is 40.7 Å². The zero-order valence-corrected chi connectivity index (χ0v) is 11.6. The highest BCUT2D eigenvalue weighted by Crippen LogP contribution is 2.17. The van der Waals surface area contributed by atoms with Crippen LogP contribution in [0.3, 0.4) is 0 Å². The maximum Gasteiger partial charge on any atom is 0.354 e. The average molecular weight is 305 g/mol. The van der Waals surface area contributed by atoms with Crippen LogP contribution >= 0.6 is 11.8 Å². The monoisotopic (exact) mass is 305 g/mol. The zero-order valence-electron chi connectivity index (χ0n) is 10.8. The van der Waals surface area contributed by atoms with Crippen LogP contribution < -0.4 is 16.4 Å². The van der Waals surface area contributed by atoms with Crippen molar-refractivity contribution in [2.24, 2.45) is 10.8 Å². The molecule has 20 heavy (non-hydrogen) atoms. The van der Waals surface area contributed by atoms with Gasteiger partial charge in [-0.3, -0.25) is 15.5 Å². The minimum Gasteiger partial charge on any atom is -0.550 e. The molecule has 0 saturated heterocycles. The molecule has 0 saturated carbocycles. The molecule has 0 aliphatic heterocycles. The number of rotatable bonds is 10. The first-order valence-corrected chi connectivity index (χ1v) is 6.97. The first-order chi connectivity index (χ1) is 9.45. The van der Waals surface area contributed by atoms with Gasteiger partial charge in [0.05, 0.1) is 5.25 Å². The third-order valence-electron chi connectivity index (χ3n) is 2.25. The van der Waals surface area contributed by atoms with Gasteiger partial charge in [0.2, 0.25) is 6.54 Å². The molecule has 0 fully saturated rings. The van der Waals surface area contributed by atoms with Crippen molar-refractivity contribution in [3.05, 3.63) is 10.1 Å². The van der Waals surface area contributed by atoms with E-state index in [0.29, 0.717) is 25.0 Å². The molecule has 0 spiro atoms. The standard InChI is InChI=1S/C10H18N4O5S/c11-13-10(17)12-5-6-20-8(7-14(18)19)3-1-2-4-9(15)16/h5,8H,1-4,6-7,11H2,(H,13,17)(H,15,16)/p-1/t8-/m0/s1. The Morgan fingerprint density at radius 2 is 2.15 bits per heavy atom. The number of thioether (sulfide) groups is 1. The summed E-state index contributed by atoms with van der Waals surface area (Å²) in [4.78, 5) is 34.5. The molecular formula is C10H17N4O5S-. The van der Waals surface area contributed by atoms with E-state index in [2.05, 4.69) is 4.99 Å². The summed E-state index contributed by atoms with van der Waals surface area (Å²) in [5, 5.41) is 20.5. The first-order valence-electron chi connectivity index (χ1n) is 5.92. The molecule has 0 rings (SSSR count). The number of hydrogen-bond acceptors (Lipinski definition) is 7. The minimum absolute atomic E-state index is 0.0476. The van der Waals surface area contributed by atoms with Gasteiger partial charge >= 0.3 is 6.03 Å². The highest BCUT2D eigenvalue weighted by molar-refractivity contribution is 8.00. The lowest BCUT2D eigenvalue weighted by Crippen LogP contribution is -2.27. The minimum atomic E-state index is -1.12. The number of carbonyl (C=O) groups excluding carboxylic acids is 2. The number of carboxylic acid groups (broad SMARTS) is 1. The van der Waals surface area contributed by atoms with Gasteiger partial charge in [0, 0.05) is 22.9 Å². The van der Waals surface area contributed by atoms with Crippen LogP contribution in [0.5, 0.6) is 0 Å². The Bertz CT molecular complexity index is 364. The smallest absolute Gasteiger partial charge is 0.354 e. The molecule has 0 aromatic rings. The van der Waals surface area contributed by atoms with Gasteiger partial charge < -0.3 is 9.90 Å². The number of unbranched alkanes of at least 4 members (excludes halogenated alkanes) is 1. The van der Waals surface area contributed by atoms with Gasteiger partial charge in [-0.15, -0.1) is 11.8 Å². The molecule has 0 aliphatic carbocycles. The maximum atomic E-state index is 10.7. The van der Waals surface area contributed by atoms with Gasteiger partial charge in [-0.2, -0.15) is 0 Å². The summed E-state index contributed by atoms with van der Waals surface area (Å²) in [7, 11) is 0. The van der Waals surface area contributed by atoms with Crippen LogP contribution in [0.25, 0.3) is 0 Å². The lowest BCUT2D eigenvalue weighted by Gasteiger charge is -2.11. The lowest BCUT2D eigenvalue weighted by atomic mass is 10.1. The molecule has 0 radical (unpaired) electrons. The Balaban J connectivity index is 4.01. The number of aliphatic imine (C=N–C) groups is 1. The fourth-order valence-electron chi connectivity index (χ4n) is 1.37. The predicted octanol–water partition coefficient (Wildman–Crippen LogP) is -0.671. The molecule has 0 heterocycles. The quantitative estimate of drug-likeness (QED) is 0.136. The van der Waals surface area contributed by atoms with E-state index in [1.807, 2.05) is 5.43 Å². The summed E-state index contributed by atoms with van der Waals surface area (Å²) in [6.45, 7) is -0.215. The van der Waals surface area contributed by atoms with Crippen molar-refractivity contribution in [1.29, 1.82) is 0 Å². The van der Waals surface area contributed by atoms with Gasteiger partial charge in [0.25, 0.3) is 0 Å². The van der Waals surface area contributed by atoms with Crippen LogP contribution in [0.4, 0.5) is 4.79 Å². The number of amides is 2. The molecule has 0 bridgehead atoms. The van der Waals surface area contributed by atoms with E-state index < -0.39 is 16.9 Å². The van der Waals surface area contributed by atoms with Crippen LogP contribution in [0.15, 0.2) is 4.99 Å². The maximum absolute atomic E-state index is 10.7. The summed E-state index contributed by atoms with van der Waals surface area (Å²) in [5.41, 5.74) is 1.82. The molecule has 0 unspecified atom stereocenters. The summed E-state index contributed by atoms with van der Waals surface area (Å²) >= 11 is 1.29. The van der Waals surface area contributed by atoms with Crippen LogP contribution in [0.2, 0.25) is 0 Å². The summed E-state index contributed by atoms with van der Waals surface area (Å²) < 4.78 is 0. The molecule has 10 heteroatoms. The van der Waals surface area contributed by atoms with E-state index in [1.54, 1.807) is 0 Å². The summed E-state index contributed by atoms with van der Waals surface area (Å²) in [5.74, 6) is 4.04. The van der Waals surface area contributed by atoms with E-state index >= 15 is 0 Å². The van der Waals surface area contributed by atoms with Crippen molar-refractivity contribution in [2.45, 2.75) is 30.9 Å². The van der Waals surface area contributed by atoms with E-state index in [1.165, 1.54) is 18.0 Å². The van der Waals surface area contributed by atoms with Gasteiger partial charge in [0.1, 0.15) is 0 Å². The van der Waals surface area contributed by atoms with Crippen molar-refractivity contribution in [3.63, 3.8) is 0 Å². The van der Waals surface area contributed by atoms with Crippen LogP contribution in [0, 0.1) is 10.1 Å². The SMILES string of the molecule is NNC(=O)N=CCS[C@@H](CCCCC(=O)[O-])C[N+](=O)[O-]. The van der Waals surface area contributed by atoms with Crippen molar-refractivity contribution < 1.29 is 19.6 Å². The Morgan fingerprint density at radius 3 is 2.70 bits per heavy atom. The first kappa shape index (κ1) is 18.3. The second kappa shape index (κ2) is 11.2. The normalized spacial score (nSPS) is 12.2. The third kappa shape index (κ3) is 11.4. The number of urea groups is 1. The van der Waals surface area contributed by atoms with Gasteiger partial charge in [-0.1, -0.05) is 6.42 Å². The molecule has 2 amide bonds. The van der Waals surface area contributed by atoms with E-state index in [4.69, 9.17) is 5.84 Å². The van der Waals surface area contributed by atoms with Gasteiger partial charge in [0.15, 0.2) is 0 Å². The highest BCUT2D eigenvalue weighted by atomic mass is 32.2. The van der Waals surface area contributed by atoms with E-state index in [0.717, 1.165) is 0 Å². The number of carboxylic acids is 1. The number of nitro groups is 1. The molecule has 3 N–H and O–H groups in total. The molecule has 0 aliphatic rings. The predicted molar refractivity (Wildman–Crippen MR) is 72.8 cm³/mol. The largest absolute Gasteiger partial charge is 0.550 e. The average Bonchev–Trinajstić information content (AvgIpc) is 2.37. The van der Waals surface area contributed by atoms with Crippen LogP contribution in [-0.2, 0) is 4.79 Å². The number of nitrogens with one attached hydrogen (secondary N) is 1. The Kier molecular flexibility index (Phi) is 10.2. The zero-order chi connectivity index (χ0) is 15.4. The van der Waals surface area contributed by atoms with Gasteiger partial charge in [-0.05, 0) is 19.3 Å². The highest BCUT2D eigenvalue weighted by Gasteiger charge is 2.15. The van der Waals surface area contributed by atoms with Crippen molar-refractivity contribution >= 4 is 30.0 Å². The third-order valence-corrected chi connectivity index (χ3v) is 3.45. The molecule has 9 nitrogen and oxygen atoms in total.